The minimum atomic E-state index is 0.441. The van der Waals surface area contributed by atoms with Gasteiger partial charge in [-0.2, -0.15) is 0 Å². The summed E-state index contributed by atoms with van der Waals surface area (Å²) in [4.78, 5) is 18.0. The Bertz CT molecular complexity index is 1540. The van der Waals surface area contributed by atoms with Gasteiger partial charge >= 0.3 is 0 Å². The summed E-state index contributed by atoms with van der Waals surface area (Å²) in [6.45, 7) is 5.74. The second-order valence-electron chi connectivity index (χ2n) is 11.7. The molecule has 0 amide bonds. The number of fused-ring (bicyclic) bond motifs is 1. The Balaban J connectivity index is 1.06. The molecule has 2 aromatic carbocycles. The molecule has 3 aliphatic rings. The maximum Gasteiger partial charge on any atom is 0.109 e. The second kappa shape index (κ2) is 9.63. The first kappa shape index (κ1) is 23.5. The number of aliphatic imine (C=N–C) groups is 1. The third-order valence-electron chi connectivity index (χ3n) is 8.74. The van der Waals surface area contributed by atoms with E-state index < -0.39 is 0 Å². The molecule has 1 saturated carbocycles. The Morgan fingerprint density at radius 2 is 1.68 bits per heavy atom. The van der Waals surface area contributed by atoms with Crippen LogP contribution in [0.5, 0.6) is 0 Å². The maximum absolute atomic E-state index is 4.95. The van der Waals surface area contributed by atoms with Gasteiger partial charge in [0.05, 0.1) is 23.1 Å². The molecule has 0 radical (unpaired) electrons. The molecule has 4 atom stereocenters. The molecule has 38 heavy (non-hydrogen) atoms. The molecular formula is C33H35N5. The van der Waals surface area contributed by atoms with Gasteiger partial charge in [-0.05, 0) is 84.5 Å². The van der Waals surface area contributed by atoms with Crippen LogP contribution in [0.15, 0.2) is 72.0 Å². The minimum absolute atomic E-state index is 0.441. The van der Waals surface area contributed by atoms with E-state index in [-0.39, 0.29) is 0 Å². The Morgan fingerprint density at radius 3 is 2.47 bits per heavy atom. The molecule has 1 saturated heterocycles. The summed E-state index contributed by atoms with van der Waals surface area (Å²) in [7, 11) is 0. The second-order valence-corrected chi connectivity index (χ2v) is 11.7. The molecule has 5 nitrogen and oxygen atoms in total. The lowest BCUT2D eigenvalue weighted by Gasteiger charge is -2.11. The van der Waals surface area contributed by atoms with Crippen LogP contribution in [0.2, 0.25) is 0 Å². The molecule has 1 aliphatic carbocycles. The third kappa shape index (κ3) is 4.49. The zero-order valence-electron chi connectivity index (χ0n) is 22.2. The van der Waals surface area contributed by atoms with Crippen molar-refractivity contribution in [3.63, 3.8) is 0 Å². The molecular weight excluding hydrogens is 466 g/mol. The number of rotatable bonds is 5. The Kier molecular flexibility index (Phi) is 5.96. The number of H-pyrrole nitrogens is 1. The highest BCUT2D eigenvalue weighted by atomic mass is 15.0. The van der Waals surface area contributed by atoms with Crippen LogP contribution >= 0.6 is 0 Å². The number of imidazole rings is 1. The van der Waals surface area contributed by atoms with Gasteiger partial charge in [0.25, 0.3) is 0 Å². The summed E-state index contributed by atoms with van der Waals surface area (Å²) in [5, 5.41) is 4.77. The fraction of sp³-hybridized carbons (Fsp3) is 0.364. The summed E-state index contributed by atoms with van der Waals surface area (Å²) in [6.07, 6.45) is 9.90. The van der Waals surface area contributed by atoms with Gasteiger partial charge < -0.3 is 10.3 Å². The number of aromatic nitrogens is 3. The average molecular weight is 502 g/mol. The van der Waals surface area contributed by atoms with Crippen molar-refractivity contribution in [1.82, 2.24) is 20.3 Å². The molecule has 2 aliphatic heterocycles. The number of hydrogen-bond donors (Lipinski definition) is 2. The van der Waals surface area contributed by atoms with Crippen LogP contribution < -0.4 is 5.32 Å². The first-order valence-electron chi connectivity index (χ1n) is 14.1. The van der Waals surface area contributed by atoms with E-state index in [9.17, 15) is 0 Å². The normalized spacial score (nSPS) is 25.2. The van der Waals surface area contributed by atoms with Crippen molar-refractivity contribution in [2.75, 3.05) is 6.54 Å². The topological polar surface area (TPSA) is 66.0 Å². The minimum Gasteiger partial charge on any atom is -0.341 e. The van der Waals surface area contributed by atoms with Crippen LogP contribution in [0, 0.1) is 11.8 Å². The van der Waals surface area contributed by atoms with E-state index in [0.717, 1.165) is 52.9 Å². The summed E-state index contributed by atoms with van der Waals surface area (Å²) in [6, 6.07) is 20.2. The lowest BCUT2D eigenvalue weighted by Crippen LogP contribution is -2.29. The van der Waals surface area contributed by atoms with Gasteiger partial charge in [0.2, 0.25) is 0 Å². The number of benzene rings is 2. The van der Waals surface area contributed by atoms with Gasteiger partial charge in [-0.15, -0.1) is 0 Å². The van der Waals surface area contributed by atoms with Crippen LogP contribution in [-0.2, 0) is 0 Å². The smallest absolute Gasteiger partial charge is 0.109 e. The molecule has 0 unspecified atom stereocenters. The maximum atomic E-state index is 4.95. The summed E-state index contributed by atoms with van der Waals surface area (Å²) in [5.41, 5.74) is 9.25. The quantitative estimate of drug-likeness (QED) is 0.300. The molecule has 4 aromatic rings. The number of pyridine rings is 1. The van der Waals surface area contributed by atoms with Gasteiger partial charge in [-0.1, -0.05) is 50.2 Å². The molecule has 192 valence electrons. The molecule has 4 heterocycles. The lowest BCUT2D eigenvalue weighted by atomic mass is 9.95. The number of nitrogens with one attached hydrogen (secondary N) is 2. The molecule has 0 bridgehead atoms. The molecule has 5 heteroatoms. The predicted octanol–water partition coefficient (Wildman–Crippen LogP) is 7.38. The van der Waals surface area contributed by atoms with E-state index in [1.807, 2.05) is 6.20 Å². The van der Waals surface area contributed by atoms with Crippen molar-refractivity contribution in [1.29, 1.82) is 0 Å². The largest absolute Gasteiger partial charge is 0.341 e. The monoisotopic (exact) mass is 501 g/mol. The predicted molar refractivity (Wildman–Crippen MR) is 156 cm³/mol. The fourth-order valence-electron chi connectivity index (χ4n) is 6.46. The highest BCUT2D eigenvalue weighted by Gasteiger charge is 2.27. The standard InChI is InChI=1S/C33H35N5/c1-20-3-4-26(13-20)33-36-19-32(38-33)29-12-10-25-15-24(9-11-28(25)37-29)22-5-7-23(8-6-22)27-16-31(35-18-27)30-14-21(2)17-34-30/h5-12,15,18-21,26,30,34H,3-4,13-14,16-17H2,1-2H3,(H,36,38)/t20-,21+,26+,30+/m1/s1. The number of aromatic amines is 1. The molecule has 0 spiro atoms. The van der Waals surface area contributed by atoms with Crippen LogP contribution in [-0.4, -0.2) is 33.3 Å². The highest BCUT2D eigenvalue weighted by molar-refractivity contribution is 6.01. The van der Waals surface area contributed by atoms with Crippen molar-refractivity contribution in [2.45, 2.75) is 57.9 Å². The lowest BCUT2D eigenvalue weighted by molar-refractivity contribution is 0.588. The van der Waals surface area contributed by atoms with Crippen LogP contribution in [0.3, 0.4) is 0 Å². The molecule has 7 rings (SSSR count). The number of nitrogens with zero attached hydrogens (tertiary/aromatic N) is 3. The Labute approximate surface area is 224 Å². The van der Waals surface area contributed by atoms with E-state index in [4.69, 9.17) is 15.0 Å². The number of hydrogen-bond acceptors (Lipinski definition) is 4. The summed E-state index contributed by atoms with van der Waals surface area (Å²) >= 11 is 0. The van der Waals surface area contributed by atoms with Crippen molar-refractivity contribution in [2.24, 2.45) is 16.8 Å². The van der Waals surface area contributed by atoms with E-state index in [1.54, 1.807) is 0 Å². The first-order chi connectivity index (χ1) is 18.6. The van der Waals surface area contributed by atoms with Crippen LogP contribution in [0.25, 0.3) is 39.0 Å². The van der Waals surface area contributed by atoms with Gasteiger partial charge in [0, 0.05) is 35.7 Å². The Morgan fingerprint density at radius 1 is 0.842 bits per heavy atom. The van der Waals surface area contributed by atoms with Gasteiger partial charge in [-0.25, -0.2) is 9.97 Å². The van der Waals surface area contributed by atoms with Gasteiger partial charge in [-0.3, -0.25) is 4.99 Å². The summed E-state index contributed by atoms with van der Waals surface area (Å²) < 4.78 is 0. The van der Waals surface area contributed by atoms with Crippen molar-refractivity contribution >= 4 is 22.2 Å². The average Bonchev–Trinajstić information content (AvgIpc) is 3.75. The Hall–Kier alpha value is -3.57. The molecule has 2 fully saturated rings. The SMILES string of the molecule is C[C@@H]1CC[C@H](c2ncc(-c3ccc4cc(-c5ccc(C6=CN=C([C@@H]7C[C@H](C)CN7)C6)cc5)ccc4n3)[nH]2)C1. The zero-order valence-corrected chi connectivity index (χ0v) is 22.2. The summed E-state index contributed by atoms with van der Waals surface area (Å²) in [5.74, 6) is 3.20. The van der Waals surface area contributed by atoms with E-state index in [2.05, 4.69) is 84.9 Å². The van der Waals surface area contributed by atoms with Crippen LogP contribution in [0.4, 0.5) is 0 Å². The van der Waals surface area contributed by atoms with E-state index in [0.29, 0.717) is 12.0 Å². The van der Waals surface area contributed by atoms with Crippen molar-refractivity contribution in [3.8, 4) is 22.5 Å². The van der Waals surface area contributed by atoms with Gasteiger partial charge in [0.15, 0.2) is 0 Å². The van der Waals surface area contributed by atoms with E-state index >= 15 is 0 Å². The first-order valence-corrected chi connectivity index (χ1v) is 14.1. The van der Waals surface area contributed by atoms with Gasteiger partial charge in [0.1, 0.15) is 5.82 Å². The fourth-order valence-corrected chi connectivity index (χ4v) is 6.46. The third-order valence-corrected chi connectivity index (χ3v) is 8.74. The van der Waals surface area contributed by atoms with Crippen molar-refractivity contribution < 1.29 is 0 Å². The van der Waals surface area contributed by atoms with Crippen LogP contribution in [0.1, 0.15) is 63.3 Å². The van der Waals surface area contributed by atoms with Crippen molar-refractivity contribution in [3.05, 3.63) is 78.4 Å². The highest BCUT2D eigenvalue weighted by Crippen LogP contribution is 2.37. The number of allylic oxidation sites excluding steroid dienone is 1. The van der Waals surface area contributed by atoms with E-state index in [1.165, 1.54) is 53.7 Å². The zero-order chi connectivity index (χ0) is 25.6. The molecule has 2 N–H and O–H groups in total. The molecule has 2 aromatic heterocycles.